The molecule has 0 heterocycles. The zero-order valence-corrected chi connectivity index (χ0v) is 9.88. The van der Waals surface area contributed by atoms with E-state index in [4.69, 9.17) is 10.8 Å². The molecular weight excluding hydrogens is 230 g/mol. The van der Waals surface area contributed by atoms with Crippen molar-refractivity contribution in [3.8, 4) is 5.75 Å². The first-order valence-electron chi connectivity index (χ1n) is 4.69. The number of nitrogen functional groups attached to an aromatic ring is 1. The molecule has 1 aromatic carbocycles. The first kappa shape index (κ1) is 12.6. The van der Waals surface area contributed by atoms with Crippen molar-refractivity contribution in [2.45, 2.75) is 19.9 Å². The third-order valence-electron chi connectivity index (χ3n) is 1.67. The lowest BCUT2D eigenvalue weighted by molar-refractivity contribution is 0.475. The van der Waals surface area contributed by atoms with E-state index in [2.05, 4.69) is 9.44 Å². The van der Waals surface area contributed by atoms with Crippen LogP contribution >= 0.6 is 0 Å². The lowest BCUT2D eigenvalue weighted by atomic mass is 10.2. The Kier molecular flexibility index (Phi) is 3.61. The summed E-state index contributed by atoms with van der Waals surface area (Å²) in [5, 5.41) is 9.11. The molecule has 16 heavy (non-hydrogen) atoms. The zero-order valence-electron chi connectivity index (χ0n) is 9.06. The summed E-state index contributed by atoms with van der Waals surface area (Å²) in [5.41, 5.74) is 5.93. The summed E-state index contributed by atoms with van der Waals surface area (Å²) < 4.78 is 27.6. The number of rotatable bonds is 4. The molecule has 0 atom stereocenters. The largest absolute Gasteiger partial charge is 0.508 e. The lowest BCUT2D eigenvalue weighted by Gasteiger charge is -2.13. The molecule has 0 fully saturated rings. The Morgan fingerprint density at radius 2 is 2.00 bits per heavy atom. The van der Waals surface area contributed by atoms with Crippen LogP contribution in [-0.4, -0.2) is 19.6 Å². The SMILES string of the molecule is CC(C)NS(=O)(=O)Nc1ccc(O)cc1N. The number of hydrogen-bond acceptors (Lipinski definition) is 4. The summed E-state index contributed by atoms with van der Waals surface area (Å²) in [7, 11) is -3.63. The fraction of sp³-hybridized carbons (Fsp3) is 0.333. The van der Waals surface area contributed by atoms with Crippen molar-refractivity contribution in [1.29, 1.82) is 0 Å². The van der Waals surface area contributed by atoms with Gasteiger partial charge in [0.1, 0.15) is 5.75 Å². The van der Waals surface area contributed by atoms with Crippen molar-refractivity contribution >= 4 is 21.6 Å². The van der Waals surface area contributed by atoms with Gasteiger partial charge in [-0.3, -0.25) is 4.72 Å². The van der Waals surface area contributed by atoms with Gasteiger partial charge in [0.25, 0.3) is 10.2 Å². The highest BCUT2D eigenvalue weighted by molar-refractivity contribution is 7.90. The molecular formula is C9H15N3O3S. The average molecular weight is 245 g/mol. The van der Waals surface area contributed by atoms with Gasteiger partial charge in [0.2, 0.25) is 0 Å². The maximum absolute atomic E-state index is 11.5. The Bertz CT molecular complexity index is 471. The predicted molar refractivity (Wildman–Crippen MR) is 63.3 cm³/mol. The Labute approximate surface area is 94.7 Å². The first-order valence-corrected chi connectivity index (χ1v) is 6.17. The highest BCUT2D eigenvalue weighted by Crippen LogP contribution is 2.23. The summed E-state index contributed by atoms with van der Waals surface area (Å²) in [6, 6.07) is 3.80. The van der Waals surface area contributed by atoms with Crippen molar-refractivity contribution < 1.29 is 13.5 Å². The normalized spacial score (nSPS) is 11.7. The number of nitrogens with two attached hydrogens (primary N) is 1. The topological polar surface area (TPSA) is 104 Å². The van der Waals surface area contributed by atoms with Gasteiger partial charge in [-0.15, -0.1) is 0 Å². The van der Waals surface area contributed by atoms with Crippen LogP contribution in [-0.2, 0) is 10.2 Å². The second kappa shape index (κ2) is 4.58. The maximum Gasteiger partial charge on any atom is 0.299 e. The fourth-order valence-electron chi connectivity index (χ4n) is 1.13. The molecule has 0 aliphatic heterocycles. The second-order valence-corrected chi connectivity index (χ2v) is 5.10. The van der Waals surface area contributed by atoms with Crippen LogP contribution in [0.2, 0.25) is 0 Å². The molecule has 0 unspecified atom stereocenters. The highest BCUT2D eigenvalue weighted by atomic mass is 32.2. The van der Waals surface area contributed by atoms with Gasteiger partial charge >= 0.3 is 0 Å². The van der Waals surface area contributed by atoms with E-state index in [1.165, 1.54) is 18.2 Å². The molecule has 0 saturated heterocycles. The standard InChI is InChI=1S/C9H15N3O3S/c1-6(2)11-16(14,15)12-9-4-3-7(13)5-8(9)10/h3-6,11-13H,10H2,1-2H3. The molecule has 6 nitrogen and oxygen atoms in total. The van der Waals surface area contributed by atoms with E-state index in [9.17, 15) is 8.42 Å². The molecule has 0 aromatic heterocycles. The third-order valence-corrected chi connectivity index (χ3v) is 2.94. The summed E-state index contributed by atoms with van der Waals surface area (Å²) in [6.07, 6.45) is 0. The fourth-order valence-corrected chi connectivity index (χ4v) is 2.28. The summed E-state index contributed by atoms with van der Waals surface area (Å²) in [4.78, 5) is 0. The zero-order chi connectivity index (χ0) is 12.3. The monoisotopic (exact) mass is 245 g/mol. The smallest absolute Gasteiger partial charge is 0.299 e. The summed E-state index contributed by atoms with van der Waals surface area (Å²) in [5.74, 6) is -0.0164. The quantitative estimate of drug-likeness (QED) is 0.461. The number of aromatic hydroxyl groups is 1. The molecule has 0 amide bonds. The molecule has 1 rings (SSSR count). The van der Waals surface area contributed by atoms with E-state index in [1.807, 2.05) is 0 Å². The number of hydrogen-bond donors (Lipinski definition) is 4. The highest BCUT2D eigenvalue weighted by Gasteiger charge is 2.12. The number of nitrogens with one attached hydrogen (secondary N) is 2. The van der Waals surface area contributed by atoms with Gasteiger partial charge in [0.05, 0.1) is 11.4 Å². The molecule has 0 saturated carbocycles. The maximum atomic E-state index is 11.5. The minimum Gasteiger partial charge on any atom is -0.508 e. The Morgan fingerprint density at radius 3 is 2.50 bits per heavy atom. The molecule has 0 spiro atoms. The van der Waals surface area contributed by atoms with E-state index in [1.54, 1.807) is 13.8 Å². The van der Waals surface area contributed by atoms with Crippen molar-refractivity contribution in [2.24, 2.45) is 0 Å². The van der Waals surface area contributed by atoms with Gasteiger partial charge in [-0.2, -0.15) is 13.1 Å². The molecule has 0 radical (unpaired) electrons. The first-order chi connectivity index (χ1) is 7.30. The minimum atomic E-state index is -3.63. The van der Waals surface area contributed by atoms with E-state index >= 15 is 0 Å². The van der Waals surface area contributed by atoms with Gasteiger partial charge in [-0.25, -0.2) is 0 Å². The van der Waals surface area contributed by atoms with E-state index in [0.717, 1.165) is 0 Å². The Hall–Kier alpha value is -1.47. The minimum absolute atomic E-state index is 0.0164. The molecule has 0 aliphatic rings. The van der Waals surface area contributed by atoms with Gasteiger partial charge in [0.15, 0.2) is 0 Å². The molecule has 7 heteroatoms. The van der Waals surface area contributed by atoms with Crippen molar-refractivity contribution in [1.82, 2.24) is 4.72 Å². The number of benzene rings is 1. The molecule has 0 bridgehead atoms. The van der Waals surface area contributed by atoms with Crippen molar-refractivity contribution in [3.05, 3.63) is 18.2 Å². The number of phenolic OH excluding ortho intramolecular Hbond substituents is 1. The van der Waals surface area contributed by atoms with Gasteiger partial charge in [0, 0.05) is 12.1 Å². The predicted octanol–water partition coefficient (Wildman–Crippen LogP) is 0.629. The van der Waals surface area contributed by atoms with E-state index < -0.39 is 10.2 Å². The summed E-state index contributed by atoms with van der Waals surface area (Å²) in [6.45, 7) is 3.42. The third kappa shape index (κ3) is 3.59. The lowest BCUT2D eigenvalue weighted by Crippen LogP contribution is -2.35. The number of anilines is 2. The molecule has 1 aromatic rings. The number of phenols is 1. The Morgan fingerprint density at radius 1 is 1.38 bits per heavy atom. The van der Waals surface area contributed by atoms with Crippen LogP contribution < -0.4 is 15.2 Å². The Balaban J connectivity index is 2.88. The van der Waals surface area contributed by atoms with Gasteiger partial charge in [-0.05, 0) is 26.0 Å². The van der Waals surface area contributed by atoms with Crippen LogP contribution in [0, 0.1) is 0 Å². The van der Waals surface area contributed by atoms with Crippen LogP contribution in [0.15, 0.2) is 18.2 Å². The van der Waals surface area contributed by atoms with Crippen molar-refractivity contribution in [2.75, 3.05) is 10.5 Å². The average Bonchev–Trinajstić information content (AvgIpc) is 2.07. The molecule has 5 N–H and O–H groups in total. The van der Waals surface area contributed by atoms with Gasteiger partial charge in [-0.1, -0.05) is 0 Å². The van der Waals surface area contributed by atoms with Crippen LogP contribution in [0.3, 0.4) is 0 Å². The van der Waals surface area contributed by atoms with Crippen LogP contribution in [0.1, 0.15) is 13.8 Å². The van der Waals surface area contributed by atoms with Crippen LogP contribution in [0.5, 0.6) is 5.75 Å². The summed E-state index contributed by atoms with van der Waals surface area (Å²) >= 11 is 0. The second-order valence-electron chi connectivity index (χ2n) is 3.65. The van der Waals surface area contributed by atoms with Gasteiger partial charge < -0.3 is 10.8 Å². The van der Waals surface area contributed by atoms with Crippen LogP contribution in [0.25, 0.3) is 0 Å². The molecule has 0 aliphatic carbocycles. The van der Waals surface area contributed by atoms with E-state index in [0.29, 0.717) is 0 Å². The molecule has 90 valence electrons. The van der Waals surface area contributed by atoms with Crippen molar-refractivity contribution in [3.63, 3.8) is 0 Å². The van der Waals surface area contributed by atoms with Crippen LogP contribution in [0.4, 0.5) is 11.4 Å². The van der Waals surface area contributed by atoms with E-state index in [-0.39, 0.29) is 23.2 Å².